The fourth-order valence-electron chi connectivity index (χ4n) is 1.71. The van der Waals surface area contributed by atoms with Crippen molar-refractivity contribution < 1.29 is 0 Å². The molecule has 0 aromatic carbocycles. The molecule has 17 heavy (non-hydrogen) atoms. The number of nitrogen functional groups attached to an aromatic ring is 1. The van der Waals surface area contributed by atoms with Crippen molar-refractivity contribution in [2.24, 2.45) is 7.05 Å². The number of aryl methyl sites for hydroxylation is 2. The van der Waals surface area contributed by atoms with Crippen LogP contribution in [-0.4, -0.2) is 14.3 Å². The third-order valence-electron chi connectivity index (χ3n) is 2.51. The van der Waals surface area contributed by atoms with E-state index in [-0.39, 0.29) is 11.1 Å². The maximum Gasteiger partial charge on any atom is 0.218 e. The Kier molecular flexibility index (Phi) is 3.06. The van der Waals surface area contributed by atoms with Gasteiger partial charge in [-0.25, -0.2) is 0 Å². The van der Waals surface area contributed by atoms with Crippen LogP contribution in [0.3, 0.4) is 0 Å². The molecule has 0 bridgehead atoms. The predicted octanol–water partition coefficient (Wildman–Crippen LogP) is 1.28. The van der Waals surface area contributed by atoms with Gasteiger partial charge < -0.3 is 10.3 Å². The second-order valence-electron chi connectivity index (χ2n) is 3.96. The zero-order valence-corrected chi connectivity index (χ0v) is 11.2. The minimum Gasteiger partial charge on any atom is -0.394 e. The smallest absolute Gasteiger partial charge is 0.218 e. The number of halogens is 1. The molecule has 6 heteroatoms. The molecule has 0 fully saturated rings. The van der Waals surface area contributed by atoms with Crippen molar-refractivity contribution in [1.29, 1.82) is 0 Å². The fraction of sp³-hybridized carbons (Fsp3) is 0.273. The summed E-state index contributed by atoms with van der Waals surface area (Å²) in [6.45, 7) is 2.57. The van der Waals surface area contributed by atoms with Crippen LogP contribution in [0.25, 0.3) is 0 Å². The number of aromatic nitrogens is 3. The van der Waals surface area contributed by atoms with Gasteiger partial charge in [-0.3, -0.25) is 9.48 Å². The summed E-state index contributed by atoms with van der Waals surface area (Å²) < 4.78 is 4.14. The molecule has 0 aliphatic rings. The quantitative estimate of drug-likeness (QED) is 0.908. The largest absolute Gasteiger partial charge is 0.394 e. The summed E-state index contributed by atoms with van der Waals surface area (Å²) in [6.07, 6.45) is 3.36. The first kappa shape index (κ1) is 11.9. The Morgan fingerprint density at radius 1 is 1.47 bits per heavy atom. The highest BCUT2D eigenvalue weighted by atomic mass is 79.9. The SMILES string of the molecule is Cc1cc(Cn2cc(N)c(=O)c(Br)c2)n(C)n1. The van der Waals surface area contributed by atoms with E-state index in [2.05, 4.69) is 21.0 Å². The Balaban J connectivity index is 2.37. The molecule has 0 unspecified atom stereocenters. The van der Waals surface area contributed by atoms with Gasteiger partial charge in [0.15, 0.2) is 0 Å². The van der Waals surface area contributed by atoms with Crippen LogP contribution < -0.4 is 11.2 Å². The van der Waals surface area contributed by atoms with Gasteiger partial charge >= 0.3 is 0 Å². The van der Waals surface area contributed by atoms with E-state index in [1.807, 2.05) is 29.3 Å². The molecule has 90 valence electrons. The van der Waals surface area contributed by atoms with Crippen molar-refractivity contribution >= 4 is 21.6 Å². The first-order chi connectivity index (χ1) is 7.97. The molecule has 0 saturated heterocycles. The number of rotatable bonds is 2. The normalized spacial score (nSPS) is 10.8. The van der Waals surface area contributed by atoms with E-state index >= 15 is 0 Å². The van der Waals surface area contributed by atoms with Crippen molar-refractivity contribution in [3.8, 4) is 0 Å². The molecular formula is C11H13BrN4O. The zero-order valence-electron chi connectivity index (χ0n) is 9.64. The average molecular weight is 297 g/mol. The van der Waals surface area contributed by atoms with Gasteiger partial charge in [0.05, 0.1) is 28.1 Å². The summed E-state index contributed by atoms with van der Waals surface area (Å²) in [4.78, 5) is 11.4. The highest BCUT2D eigenvalue weighted by Gasteiger charge is 2.05. The van der Waals surface area contributed by atoms with E-state index in [9.17, 15) is 4.79 Å². The van der Waals surface area contributed by atoms with E-state index in [1.165, 1.54) is 0 Å². The summed E-state index contributed by atoms with van der Waals surface area (Å²) in [5, 5.41) is 4.27. The van der Waals surface area contributed by atoms with Crippen molar-refractivity contribution in [3.05, 3.63) is 44.5 Å². The molecule has 2 N–H and O–H groups in total. The van der Waals surface area contributed by atoms with E-state index < -0.39 is 0 Å². The van der Waals surface area contributed by atoms with Crippen molar-refractivity contribution in [3.63, 3.8) is 0 Å². The monoisotopic (exact) mass is 296 g/mol. The van der Waals surface area contributed by atoms with Gasteiger partial charge in [0.1, 0.15) is 0 Å². The lowest BCUT2D eigenvalue weighted by atomic mass is 10.3. The summed E-state index contributed by atoms with van der Waals surface area (Å²) in [5.74, 6) is 0. The van der Waals surface area contributed by atoms with Gasteiger partial charge in [-0.05, 0) is 28.9 Å². The van der Waals surface area contributed by atoms with E-state index in [4.69, 9.17) is 5.73 Å². The first-order valence-electron chi connectivity index (χ1n) is 5.12. The molecule has 0 atom stereocenters. The van der Waals surface area contributed by atoms with Crippen molar-refractivity contribution in [1.82, 2.24) is 14.3 Å². The van der Waals surface area contributed by atoms with Crippen LogP contribution in [0.1, 0.15) is 11.4 Å². The minimum absolute atomic E-state index is 0.178. The van der Waals surface area contributed by atoms with Crippen LogP contribution in [0.5, 0.6) is 0 Å². The van der Waals surface area contributed by atoms with E-state index in [0.29, 0.717) is 11.0 Å². The van der Waals surface area contributed by atoms with Gasteiger partial charge in [0.25, 0.3) is 0 Å². The maximum absolute atomic E-state index is 11.4. The molecule has 0 aliphatic carbocycles. The standard InChI is InChI=1S/C11H13BrN4O/c1-7-3-8(15(2)14-7)4-16-5-9(12)11(17)10(13)6-16/h3,5-6H,4,13H2,1-2H3. The van der Waals surface area contributed by atoms with Crippen LogP contribution in [0.2, 0.25) is 0 Å². The fourth-order valence-corrected chi connectivity index (χ4v) is 2.20. The summed E-state index contributed by atoms with van der Waals surface area (Å²) in [5.41, 5.74) is 7.71. The first-order valence-corrected chi connectivity index (χ1v) is 5.91. The molecular weight excluding hydrogens is 284 g/mol. The molecule has 2 aromatic rings. The molecule has 0 saturated carbocycles. The highest BCUT2D eigenvalue weighted by molar-refractivity contribution is 9.10. The number of nitrogens with two attached hydrogens (primary N) is 1. The van der Waals surface area contributed by atoms with Crippen molar-refractivity contribution in [2.45, 2.75) is 13.5 Å². The molecule has 0 aliphatic heterocycles. The lowest BCUT2D eigenvalue weighted by molar-refractivity contribution is 0.660. The van der Waals surface area contributed by atoms with Gasteiger partial charge in [0.2, 0.25) is 5.43 Å². The maximum atomic E-state index is 11.4. The second-order valence-corrected chi connectivity index (χ2v) is 4.82. The Morgan fingerprint density at radius 3 is 2.71 bits per heavy atom. The van der Waals surface area contributed by atoms with Crippen LogP contribution in [0, 0.1) is 6.92 Å². The van der Waals surface area contributed by atoms with Crippen LogP contribution in [-0.2, 0) is 13.6 Å². The second kappa shape index (κ2) is 4.37. The van der Waals surface area contributed by atoms with E-state index in [0.717, 1.165) is 11.4 Å². The predicted molar refractivity (Wildman–Crippen MR) is 69.9 cm³/mol. The molecule has 2 aromatic heterocycles. The average Bonchev–Trinajstić information content (AvgIpc) is 2.54. The van der Waals surface area contributed by atoms with Crippen LogP contribution in [0.15, 0.2) is 27.7 Å². The van der Waals surface area contributed by atoms with Crippen LogP contribution in [0.4, 0.5) is 5.69 Å². The topological polar surface area (TPSA) is 65.8 Å². The third-order valence-corrected chi connectivity index (χ3v) is 3.07. The molecule has 5 nitrogen and oxygen atoms in total. The number of pyridine rings is 1. The van der Waals surface area contributed by atoms with Gasteiger partial charge in [-0.15, -0.1) is 0 Å². The van der Waals surface area contributed by atoms with Crippen molar-refractivity contribution in [2.75, 3.05) is 5.73 Å². The Bertz CT molecular complexity index is 588. The van der Waals surface area contributed by atoms with Gasteiger partial charge in [-0.2, -0.15) is 5.10 Å². The zero-order chi connectivity index (χ0) is 12.6. The number of hydrogen-bond donors (Lipinski definition) is 1. The van der Waals surface area contributed by atoms with Crippen LogP contribution >= 0.6 is 15.9 Å². The molecule has 0 amide bonds. The lowest BCUT2D eigenvalue weighted by Gasteiger charge is -2.08. The lowest BCUT2D eigenvalue weighted by Crippen LogP contribution is -2.14. The Morgan fingerprint density at radius 2 is 2.18 bits per heavy atom. The highest BCUT2D eigenvalue weighted by Crippen LogP contribution is 2.09. The third kappa shape index (κ3) is 2.41. The summed E-state index contributed by atoms with van der Waals surface area (Å²) in [6, 6.07) is 2.00. The summed E-state index contributed by atoms with van der Waals surface area (Å²) >= 11 is 3.20. The Hall–Kier alpha value is -1.56. The van der Waals surface area contributed by atoms with E-state index in [1.54, 1.807) is 12.4 Å². The van der Waals surface area contributed by atoms with Gasteiger partial charge in [-0.1, -0.05) is 0 Å². The summed E-state index contributed by atoms with van der Waals surface area (Å²) in [7, 11) is 1.89. The molecule has 2 rings (SSSR count). The molecule has 2 heterocycles. The number of anilines is 1. The molecule has 0 radical (unpaired) electrons. The number of nitrogens with zero attached hydrogens (tertiary/aromatic N) is 3. The molecule has 0 spiro atoms. The Labute approximate surface area is 107 Å². The van der Waals surface area contributed by atoms with Gasteiger partial charge in [0, 0.05) is 19.4 Å². The number of hydrogen-bond acceptors (Lipinski definition) is 3. The minimum atomic E-state index is -0.178.